The largest absolute Gasteiger partial charge is 0.491 e. The molecule has 5 heteroatoms. The summed E-state index contributed by atoms with van der Waals surface area (Å²) in [5, 5.41) is 0. The van der Waals surface area contributed by atoms with E-state index in [4.69, 9.17) is 15.2 Å². The summed E-state index contributed by atoms with van der Waals surface area (Å²) in [6.45, 7) is 8.69. The second-order valence-electron chi connectivity index (χ2n) is 5.98. The second kappa shape index (κ2) is 7.61. The van der Waals surface area contributed by atoms with Crippen LogP contribution in [0, 0.1) is 0 Å². The van der Waals surface area contributed by atoms with Gasteiger partial charge >= 0.3 is 0 Å². The van der Waals surface area contributed by atoms with Gasteiger partial charge in [-0.1, -0.05) is 6.92 Å². The molecule has 22 heavy (non-hydrogen) atoms. The predicted octanol–water partition coefficient (Wildman–Crippen LogP) is 2.35. The number of ketones is 1. The van der Waals surface area contributed by atoms with Crippen molar-refractivity contribution in [3.8, 4) is 5.75 Å². The van der Waals surface area contributed by atoms with Crippen LogP contribution in [-0.2, 0) is 4.74 Å². The Kier molecular flexibility index (Phi) is 5.80. The highest BCUT2D eigenvalue weighted by molar-refractivity contribution is 5.98. The normalized spacial score (nSPS) is 22.5. The number of anilines is 1. The summed E-state index contributed by atoms with van der Waals surface area (Å²) in [7, 11) is 0. The van der Waals surface area contributed by atoms with E-state index < -0.39 is 0 Å². The zero-order chi connectivity index (χ0) is 16.1. The fourth-order valence-corrected chi connectivity index (χ4v) is 2.77. The highest BCUT2D eigenvalue weighted by atomic mass is 16.5. The monoisotopic (exact) mass is 306 g/mol. The van der Waals surface area contributed by atoms with E-state index in [0.29, 0.717) is 30.2 Å². The summed E-state index contributed by atoms with van der Waals surface area (Å²) in [5.41, 5.74) is 7.12. The standard InChI is InChI=1S/C17H26N2O3/c1-4-7-21-17-6-5-14(8-15(17)18)16(20)11-19-9-12(2)22-13(3)10-19/h5-6,8,12-13H,4,7,9-11,18H2,1-3H3. The average molecular weight is 306 g/mol. The molecule has 1 fully saturated rings. The SMILES string of the molecule is CCCOc1ccc(C(=O)CN2CC(C)OC(C)C2)cc1N. The molecule has 1 aromatic carbocycles. The summed E-state index contributed by atoms with van der Waals surface area (Å²) < 4.78 is 11.2. The van der Waals surface area contributed by atoms with Crippen LogP contribution in [0.25, 0.3) is 0 Å². The Balaban J connectivity index is 1.99. The molecule has 0 saturated carbocycles. The fourth-order valence-electron chi connectivity index (χ4n) is 2.77. The van der Waals surface area contributed by atoms with Gasteiger partial charge in [-0.3, -0.25) is 9.69 Å². The average Bonchev–Trinajstić information content (AvgIpc) is 2.44. The first-order valence-electron chi connectivity index (χ1n) is 7.93. The fraction of sp³-hybridized carbons (Fsp3) is 0.588. The molecule has 1 heterocycles. The van der Waals surface area contributed by atoms with Crippen LogP contribution in [0.5, 0.6) is 5.75 Å². The van der Waals surface area contributed by atoms with E-state index in [-0.39, 0.29) is 18.0 Å². The number of morpholine rings is 1. The van der Waals surface area contributed by atoms with Crippen LogP contribution < -0.4 is 10.5 Å². The molecule has 2 rings (SSSR count). The molecule has 0 amide bonds. The molecule has 0 radical (unpaired) electrons. The van der Waals surface area contributed by atoms with E-state index in [1.807, 2.05) is 20.8 Å². The van der Waals surface area contributed by atoms with Gasteiger partial charge in [-0.15, -0.1) is 0 Å². The minimum atomic E-state index is 0.0787. The van der Waals surface area contributed by atoms with E-state index in [1.165, 1.54) is 0 Å². The summed E-state index contributed by atoms with van der Waals surface area (Å²) >= 11 is 0. The molecule has 2 N–H and O–H groups in total. The highest BCUT2D eigenvalue weighted by Gasteiger charge is 2.24. The minimum absolute atomic E-state index is 0.0787. The van der Waals surface area contributed by atoms with Crippen molar-refractivity contribution in [2.24, 2.45) is 0 Å². The first kappa shape index (κ1) is 16.8. The molecule has 0 spiro atoms. The van der Waals surface area contributed by atoms with Crippen molar-refractivity contribution < 1.29 is 14.3 Å². The second-order valence-corrected chi connectivity index (χ2v) is 5.98. The summed E-state index contributed by atoms with van der Waals surface area (Å²) in [6, 6.07) is 5.28. The first-order valence-corrected chi connectivity index (χ1v) is 7.93. The lowest BCUT2D eigenvalue weighted by molar-refractivity contribution is -0.0652. The third kappa shape index (κ3) is 4.45. The van der Waals surface area contributed by atoms with Crippen molar-refractivity contribution in [1.29, 1.82) is 0 Å². The summed E-state index contributed by atoms with van der Waals surface area (Å²) in [5.74, 6) is 0.724. The maximum absolute atomic E-state index is 12.4. The number of ether oxygens (including phenoxy) is 2. The number of nitrogens with two attached hydrogens (primary N) is 1. The van der Waals surface area contributed by atoms with E-state index >= 15 is 0 Å². The van der Waals surface area contributed by atoms with Gasteiger partial charge in [0.05, 0.1) is 31.0 Å². The topological polar surface area (TPSA) is 64.8 Å². The van der Waals surface area contributed by atoms with Crippen molar-refractivity contribution in [2.75, 3.05) is 32.0 Å². The molecule has 2 atom stereocenters. The van der Waals surface area contributed by atoms with Gasteiger partial charge in [-0.2, -0.15) is 0 Å². The number of hydrogen-bond acceptors (Lipinski definition) is 5. The van der Waals surface area contributed by atoms with E-state index in [9.17, 15) is 4.79 Å². The molecule has 0 bridgehead atoms. The van der Waals surface area contributed by atoms with E-state index in [1.54, 1.807) is 18.2 Å². The molecule has 0 aliphatic carbocycles. The number of carbonyl (C=O) groups is 1. The summed E-state index contributed by atoms with van der Waals surface area (Å²) in [6.07, 6.45) is 1.24. The van der Waals surface area contributed by atoms with Gasteiger partial charge in [0.2, 0.25) is 0 Å². The molecule has 122 valence electrons. The van der Waals surface area contributed by atoms with Crippen LogP contribution in [0.3, 0.4) is 0 Å². The summed E-state index contributed by atoms with van der Waals surface area (Å²) in [4.78, 5) is 14.6. The van der Waals surface area contributed by atoms with Crippen molar-refractivity contribution in [3.63, 3.8) is 0 Å². The Labute approximate surface area is 132 Å². The molecular weight excluding hydrogens is 280 g/mol. The number of rotatable bonds is 6. The van der Waals surface area contributed by atoms with E-state index in [2.05, 4.69) is 4.90 Å². The third-order valence-corrected chi connectivity index (χ3v) is 3.66. The molecule has 2 unspecified atom stereocenters. The quantitative estimate of drug-likeness (QED) is 0.645. The van der Waals surface area contributed by atoms with Gasteiger partial charge < -0.3 is 15.2 Å². The number of hydrogen-bond donors (Lipinski definition) is 1. The van der Waals surface area contributed by atoms with Gasteiger partial charge in [0.15, 0.2) is 5.78 Å². The number of benzene rings is 1. The Morgan fingerprint density at radius 3 is 2.64 bits per heavy atom. The Morgan fingerprint density at radius 1 is 1.36 bits per heavy atom. The highest BCUT2D eigenvalue weighted by Crippen LogP contribution is 2.23. The zero-order valence-electron chi connectivity index (χ0n) is 13.7. The van der Waals surface area contributed by atoms with Crippen LogP contribution in [-0.4, -0.2) is 49.1 Å². The maximum Gasteiger partial charge on any atom is 0.176 e. The van der Waals surface area contributed by atoms with Crippen LogP contribution >= 0.6 is 0 Å². The molecule has 1 aliphatic rings. The lowest BCUT2D eigenvalue weighted by atomic mass is 10.1. The van der Waals surface area contributed by atoms with Crippen molar-refractivity contribution in [1.82, 2.24) is 4.90 Å². The smallest absolute Gasteiger partial charge is 0.176 e. The maximum atomic E-state index is 12.4. The van der Waals surface area contributed by atoms with Crippen LogP contribution in [0.4, 0.5) is 5.69 Å². The lowest BCUT2D eigenvalue weighted by Gasteiger charge is -2.34. The van der Waals surface area contributed by atoms with Gasteiger partial charge in [0, 0.05) is 18.7 Å². The first-order chi connectivity index (χ1) is 10.5. The van der Waals surface area contributed by atoms with Crippen LogP contribution in [0.2, 0.25) is 0 Å². The number of Topliss-reactive ketones (excluding diaryl/α,β-unsaturated/α-hetero) is 1. The van der Waals surface area contributed by atoms with Crippen molar-refractivity contribution in [2.45, 2.75) is 39.4 Å². The Morgan fingerprint density at radius 2 is 2.05 bits per heavy atom. The molecule has 1 saturated heterocycles. The molecule has 0 aromatic heterocycles. The molecular formula is C17H26N2O3. The van der Waals surface area contributed by atoms with Gasteiger partial charge in [-0.05, 0) is 38.5 Å². The Bertz CT molecular complexity index is 509. The molecule has 5 nitrogen and oxygen atoms in total. The number of carbonyl (C=O) groups excluding carboxylic acids is 1. The lowest BCUT2D eigenvalue weighted by Crippen LogP contribution is -2.47. The van der Waals surface area contributed by atoms with Crippen molar-refractivity contribution in [3.05, 3.63) is 23.8 Å². The third-order valence-electron chi connectivity index (χ3n) is 3.66. The minimum Gasteiger partial charge on any atom is -0.491 e. The van der Waals surface area contributed by atoms with E-state index in [0.717, 1.165) is 19.5 Å². The van der Waals surface area contributed by atoms with Crippen molar-refractivity contribution >= 4 is 11.5 Å². The molecule has 1 aliphatic heterocycles. The van der Waals surface area contributed by atoms with Crippen LogP contribution in [0.15, 0.2) is 18.2 Å². The zero-order valence-corrected chi connectivity index (χ0v) is 13.7. The van der Waals surface area contributed by atoms with Gasteiger partial charge in [-0.25, -0.2) is 0 Å². The number of nitrogens with zero attached hydrogens (tertiary/aromatic N) is 1. The Hall–Kier alpha value is -1.59. The predicted molar refractivity (Wildman–Crippen MR) is 87.4 cm³/mol. The van der Waals surface area contributed by atoms with Crippen LogP contribution in [0.1, 0.15) is 37.6 Å². The van der Waals surface area contributed by atoms with Gasteiger partial charge in [0.1, 0.15) is 5.75 Å². The molecule has 1 aromatic rings. The number of nitrogen functional groups attached to an aromatic ring is 1. The van der Waals surface area contributed by atoms with Gasteiger partial charge in [0.25, 0.3) is 0 Å².